The normalized spacial score (nSPS) is 21.4. The minimum Gasteiger partial charge on any atom is -0.374 e. The molecule has 5 aromatic rings. The van der Waals surface area contributed by atoms with Crippen LogP contribution in [0.3, 0.4) is 0 Å². The maximum atomic E-state index is 14.1. The first-order chi connectivity index (χ1) is 26.7. The minimum atomic E-state index is -0.863. The van der Waals surface area contributed by atoms with Crippen LogP contribution in [0.5, 0.6) is 0 Å². The number of carbonyl (C=O) groups excluding carboxylic acids is 1. The topological polar surface area (TPSA) is 94.6 Å². The molecule has 2 fully saturated rings. The van der Waals surface area contributed by atoms with Crippen molar-refractivity contribution in [3.05, 3.63) is 168 Å². The zero-order valence-corrected chi connectivity index (χ0v) is 30.4. The average Bonchev–Trinajstić information content (AvgIpc) is 3.24. The smallest absolute Gasteiger partial charge is 0.319 e. The van der Waals surface area contributed by atoms with Gasteiger partial charge in [0.2, 0.25) is 0 Å². The second kappa shape index (κ2) is 19.3. The van der Waals surface area contributed by atoms with Crippen LogP contribution in [0.1, 0.15) is 22.3 Å². The van der Waals surface area contributed by atoms with Gasteiger partial charge in [0.15, 0.2) is 6.23 Å². The standard InChI is InChI=1S/C44H48N4O6/c49-44(48-27-25-47(26-28-48)39-23-13-14-24-45-39)46-43-42(53-32-37-21-11-4-12-22-37)41(52-31-36-19-9-3-10-20-36)40(51-30-35-17-7-2-8-18-35)38(54-43)33-50-29-34-15-5-1-6-16-34/h1-24,38,40-43H,25-33H2,(H,46,49)/t38-,40-,41+,42-,43+/m1/s1. The van der Waals surface area contributed by atoms with Crippen LogP contribution in [-0.4, -0.2) is 79.3 Å². The Morgan fingerprint density at radius 2 is 1.07 bits per heavy atom. The summed E-state index contributed by atoms with van der Waals surface area (Å²) in [4.78, 5) is 22.6. The fraction of sp³-hybridized carbons (Fsp3) is 0.318. The zero-order chi connectivity index (χ0) is 36.8. The Morgan fingerprint density at radius 1 is 0.593 bits per heavy atom. The molecule has 2 saturated heterocycles. The van der Waals surface area contributed by atoms with Crippen molar-refractivity contribution in [1.29, 1.82) is 0 Å². The Kier molecular flexibility index (Phi) is 13.3. The number of rotatable bonds is 15. The number of hydrogen-bond acceptors (Lipinski definition) is 8. The summed E-state index contributed by atoms with van der Waals surface area (Å²) in [5.74, 6) is 0.904. The van der Waals surface area contributed by atoms with E-state index in [4.69, 9.17) is 23.7 Å². The van der Waals surface area contributed by atoms with Crippen LogP contribution in [0.15, 0.2) is 146 Å². The van der Waals surface area contributed by atoms with E-state index in [1.807, 2.05) is 144 Å². The van der Waals surface area contributed by atoms with Gasteiger partial charge in [-0.05, 0) is 34.4 Å². The van der Waals surface area contributed by atoms with Crippen LogP contribution in [0, 0.1) is 0 Å². The SMILES string of the molecule is O=C(N[C@H]1O[C@H](COCc2ccccc2)[C@@H](OCc2ccccc2)[C@H](OCc2ccccc2)[C@H]1OCc1ccccc1)N1CCN(c2ccccn2)CC1. The summed E-state index contributed by atoms with van der Waals surface area (Å²) in [5, 5.41) is 3.20. The van der Waals surface area contributed by atoms with Gasteiger partial charge in [-0.1, -0.05) is 127 Å². The van der Waals surface area contributed by atoms with E-state index in [-0.39, 0.29) is 19.2 Å². The predicted octanol–water partition coefficient (Wildman–Crippen LogP) is 6.61. The lowest BCUT2D eigenvalue weighted by molar-refractivity contribution is -0.276. The Morgan fingerprint density at radius 3 is 1.59 bits per heavy atom. The number of pyridine rings is 1. The first-order valence-corrected chi connectivity index (χ1v) is 18.6. The van der Waals surface area contributed by atoms with Gasteiger partial charge in [-0.25, -0.2) is 9.78 Å². The van der Waals surface area contributed by atoms with Gasteiger partial charge in [-0.15, -0.1) is 0 Å². The fourth-order valence-electron chi connectivity index (χ4n) is 6.80. The molecule has 10 nitrogen and oxygen atoms in total. The molecule has 2 aliphatic rings. The van der Waals surface area contributed by atoms with Gasteiger partial charge in [-0.2, -0.15) is 0 Å². The molecule has 5 atom stereocenters. The molecule has 1 N–H and O–H groups in total. The predicted molar refractivity (Wildman–Crippen MR) is 206 cm³/mol. The molecule has 54 heavy (non-hydrogen) atoms. The van der Waals surface area contributed by atoms with Crippen LogP contribution in [0.2, 0.25) is 0 Å². The van der Waals surface area contributed by atoms with Crippen molar-refractivity contribution in [2.45, 2.75) is 57.1 Å². The number of aromatic nitrogens is 1. The molecule has 0 unspecified atom stereocenters. The molecule has 2 aliphatic heterocycles. The zero-order valence-electron chi connectivity index (χ0n) is 30.4. The summed E-state index contributed by atoms with van der Waals surface area (Å²) < 4.78 is 33.4. The van der Waals surface area contributed by atoms with Crippen LogP contribution in [0.25, 0.3) is 0 Å². The van der Waals surface area contributed by atoms with E-state index in [0.717, 1.165) is 28.1 Å². The highest BCUT2D eigenvalue weighted by molar-refractivity contribution is 5.75. The summed E-state index contributed by atoms with van der Waals surface area (Å²) >= 11 is 0. The van der Waals surface area contributed by atoms with E-state index in [9.17, 15) is 4.79 Å². The highest BCUT2D eigenvalue weighted by Crippen LogP contribution is 2.30. The molecule has 0 saturated carbocycles. The van der Waals surface area contributed by atoms with Crippen molar-refractivity contribution >= 4 is 11.8 Å². The number of piperazine rings is 1. The largest absolute Gasteiger partial charge is 0.374 e. The summed E-state index contributed by atoms with van der Waals surface area (Å²) in [6.07, 6.45) is -1.63. The number of nitrogens with one attached hydrogen (secondary N) is 1. The molecular formula is C44H48N4O6. The molecule has 0 aliphatic carbocycles. The second-order valence-corrected chi connectivity index (χ2v) is 13.5. The summed E-state index contributed by atoms with van der Waals surface area (Å²) in [7, 11) is 0. The number of urea groups is 1. The molecule has 280 valence electrons. The molecule has 2 amide bonds. The van der Waals surface area contributed by atoms with Gasteiger partial charge in [0.05, 0.1) is 33.0 Å². The van der Waals surface area contributed by atoms with E-state index in [1.165, 1.54) is 0 Å². The van der Waals surface area contributed by atoms with Crippen LogP contribution in [0.4, 0.5) is 10.6 Å². The molecule has 0 bridgehead atoms. The van der Waals surface area contributed by atoms with Crippen molar-refractivity contribution in [3.8, 4) is 0 Å². The minimum absolute atomic E-state index is 0.208. The monoisotopic (exact) mass is 728 g/mol. The highest BCUT2D eigenvalue weighted by atomic mass is 16.6. The molecule has 4 aromatic carbocycles. The lowest BCUT2D eigenvalue weighted by atomic mass is 9.96. The van der Waals surface area contributed by atoms with Crippen molar-refractivity contribution < 1.29 is 28.5 Å². The van der Waals surface area contributed by atoms with E-state index in [2.05, 4.69) is 15.2 Å². The molecule has 1 aromatic heterocycles. The summed E-state index contributed by atoms with van der Waals surface area (Å²) in [5.41, 5.74) is 4.07. The Hall–Kier alpha value is -5.10. The Labute approximate surface area is 317 Å². The number of benzene rings is 4. The maximum absolute atomic E-state index is 14.1. The van der Waals surface area contributed by atoms with Gasteiger partial charge < -0.3 is 38.8 Å². The van der Waals surface area contributed by atoms with Gasteiger partial charge in [0.1, 0.15) is 30.2 Å². The van der Waals surface area contributed by atoms with Crippen LogP contribution < -0.4 is 10.2 Å². The number of anilines is 1. The number of nitrogens with zero attached hydrogens (tertiary/aromatic N) is 3. The first-order valence-electron chi connectivity index (χ1n) is 18.6. The fourth-order valence-corrected chi connectivity index (χ4v) is 6.80. The Balaban J connectivity index is 1.15. The average molecular weight is 729 g/mol. The van der Waals surface area contributed by atoms with Gasteiger partial charge in [0, 0.05) is 32.4 Å². The van der Waals surface area contributed by atoms with Crippen molar-refractivity contribution in [3.63, 3.8) is 0 Å². The second-order valence-electron chi connectivity index (χ2n) is 13.5. The van der Waals surface area contributed by atoms with E-state index in [0.29, 0.717) is 46.0 Å². The van der Waals surface area contributed by atoms with Gasteiger partial charge in [-0.3, -0.25) is 0 Å². The number of hydrogen-bond donors (Lipinski definition) is 1. The quantitative estimate of drug-likeness (QED) is 0.129. The van der Waals surface area contributed by atoms with Gasteiger partial charge in [0.25, 0.3) is 0 Å². The van der Waals surface area contributed by atoms with Crippen LogP contribution >= 0.6 is 0 Å². The number of ether oxygens (including phenoxy) is 5. The third-order valence-corrected chi connectivity index (χ3v) is 9.69. The lowest BCUT2D eigenvalue weighted by Gasteiger charge is -2.46. The first kappa shape index (κ1) is 37.2. The molecule has 0 spiro atoms. The highest BCUT2D eigenvalue weighted by Gasteiger charge is 2.49. The van der Waals surface area contributed by atoms with E-state index in [1.54, 1.807) is 6.20 Å². The van der Waals surface area contributed by atoms with Crippen LogP contribution in [-0.2, 0) is 50.1 Å². The molecule has 0 radical (unpaired) electrons. The molecule has 3 heterocycles. The van der Waals surface area contributed by atoms with Gasteiger partial charge >= 0.3 is 6.03 Å². The lowest BCUT2D eigenvalue weighted by Crippen LogP contribution is -2.66. The third-order valence-electron chi connectivity index (χ3n) is 9.69. The maximum Gasteiger partial charge on any atom is 0.319 e. The molecular weight excluding hydrogens is 681 g/mol. The van der Waals surface area contributed by atoms with Crippen molar-refractivity contribution in [1.82, 2.24) is 15.2 Å². The molecule has 10 heteroatoms. The summed E-state index contributed by atoms with van der Waals surface area (Å²) in [6.45, 7) is 3.93. The summed E-state index contributed by atoms with van der Waals surface area (Å²) in [6, 6.07) is 45.7. The third kappa shape index (κ3) is 10.3. The Bertz CT molecular complexity index is 1820. The number of amides is 2. The van der Waals surface area contributed by atoms with E-state index < -0.39 is 30.6 Å². The van der Waals surface area contributed by atoms with Crippen molar-refractivity contribution in [2.24, 2.45) is 0 Å². The van der Waals surface area contributed by atoms with Crippen molar-refractivity contribution in [2.75, 3.05) is 37.7 Å². The molecule has 7 rings (SSSR count). The van der Waals surface area contributed by atoms with E-state index >= 15 is 0 Å². The number of carbonyl (C=O) groups is 1.